The quantitative estimate of drug-likeness (QED) is 0.445. The highest BCUT2D eigenvalue weighted by molar-refractivity contribution is 8.01. The molecule has 1 heterocycles. The Balaban J connectivity index is 1.84. The fourth-order valence-electron chi connectivity index (χ4n) is 1.88. The van der Waals surface area contributed by atoms with Crippen molar-refractivity contribution in [3.63, 3.8) is 0 Å². The molecule has 8 nitrogen and oxygen atoms in total. The highest BCUT2D eigenvalue weighted by Crippen LogP contribution is 2.24. The number of hydrogen-bond donors (Lipinski definition) is 4. The number of amides is 2. The first kappa shape index (κ1) is 16.8. The molecule has 1 saturated heterocycles. The Morgan fingerprint density at radius 1 is 1.39 bits per heavy atom. The number of carbonyl (C=O) groups is 3. The first-order chi connectivity index (χ1) is 10.9. The Morgan fingerprint density at radius 3 is 2.70 bits per heavy atom. The number of anilines is 1. The van der Waals surface area contributed by atoms with Gasteiger partial charge < -0.3 is 15.7 Å². The van der Waals surface area contributed by atoms with Gasteiger partial charge in [0.15, 0.2) is 5.50 Å². The maximum absolute atomic E-state index is 11.6. The molecule has 0 aliphatic carbocycles. The molecule has 0 aromatic heterocycles. The van der Waals surface area contributed by atoms with Crippen LogP contribution in [0.5, 0.6) is 0 Å². The van der Waals surface area contributed by atoms with E-state index in [0.29, 0.717) is 5.69 Å². The van der Waals surface area contributed by atoms with Crippen molar-refractivity contribution in [2.24, 2.45) is 5.10 Å². The zero-order valence-electron chi connectivity index (χ0n) is 12.3. The molecule has 2 atom stereocenters. The zero-order chi connectivity index (χ0) is 16.8. The Hall–Kier alpha value is -2.55. The summed E-state index contributed by atoms with van der Waals surface area (Å²) in [5.74, 6) is -1.47. The summed E-state index contributed by atoms with van der Waals surface area (Å²) < 4.78 is 0. The van der Waals surface area contributed by atoms with Crippen molar-refractivity contribution >= 4 is 41.4 Å². The van der Waals surface area contributed by atoms with Crippen LogP contribution < -0.4 is 16.1 Å². The van der Waals surface area contributed by atoms with Crippen LogP contribution in [-0.2, 0) is 14.4 Å². The van der Waals surface area contributed by atoms with Gasteiger partial charge in [-0.25, -0.2) is 0 Å². The average molecular weight is 336 g/mol. The lowest BCUT2D eigenvalue weighted by Crippen LogP contribution is -2.35. The van der Waals surface area contributed by atoms with Crippen molar-refractivity contribution in [1.82, 2.24) is 10.7 Å². The van der Waals surface area contributed by atoms with Crippen LogP contribution >= 0.6 is 11.8 Å². The largest absolute Gasteiger partial charge is 0.481 e. The number of hydrogen-bond acceptors (Lipinski definition) is 6. The summed E-state index contributed by atoms with van der Waals surface area (Å²) in [5, 5.41) is 17.4. The lowest BCUT2D eigenvalue weighted by molar-refractivity contribution is -0.138. The van der Waals surface area contributed by atoms with E-state index in [4.69, 9.17) is 5.11 Å². The third-order valence-electron chi connectivity index (χ3n) is 2.86. The van der Waals surface area contributed by atoms with Gasteiger partial charge in [0.05, 0.1) is 17.9 Å². The van der Waals surface area contributed by atoms with Gasteiger partial charge in [0.2, 0.25) is 11.8 Å². The van der Waals surface area contributed by atoms with Gasteiger partial charge in [0.1, 0.15) is 0 Å². The number of benzene rings is 1. The van der Waals surface area contributed by atoms with Gasteiger partial charge in [-0.1, -0.05) is 12.1 Å². The smallest absolute Gasteiger partial charge is 0.305 e. The minimum absolute atomic E-state index is 0.141. The van der Waals surface area contributed by atoms with Gasteiger partial charge in [0, 0.05) is 12.6 Å². The van der Waals surface area contributed by atoms with Crippen LogP contribution in [0, 0.1) is 0 Å². The molecule has 1 aliphatic rings. The highest BCUT2D eigenvalue weighted by Gasteiger charge is 2.33. The van der Waals surface area contributed by atoms with Gasteiger partial charge >= 0.3 is 5.97 Å². The Kier molecular flexibility index (Phi) is 5.58. The topological polar surface area (TPSA) is 120 Å². The molecule has 1 aromatic rings. The molecule has 9 heteroatoms. The summed E-state index contributed by atoms with van der Waals surface area (Å²) in [6.45, 7) is 1.43. The molecule has 1 fully saturated rings. The van der Waals surface area contributed by atoms with Crippen molar-refractivity contribution < 1.29 is 19.5 Å². The summed E-state index contributed by atoms with van der Waals surface area (Å²) in [4.78, 5) is 33.1. The van der Waals surface area contributed by atoms with Gasteiger partial charge in [0.25, 0.3) is 0 Å². The molecule has 1 aromatic carbocycles. The standard InChI is InChI=1S/C14H16N4O4S/c1-8(19)16-10-4-2-9(3-5-10)7-15-18-14-17-13(22)11(23-14)6-12(20)21/h2-5,7,11,14,18H,6H2,1H3,(H,16,19)(H,17,22)(H,20,21)/b15-7-. The zero-order valence-corrected chi connectivity index (χ0v) is 13.1. The van der Waals surface area contributed by atoms with E-state index in [1.807, 2.05) is 0 Å². The van der Waals surface area contributed by atoms with Crippen LogP contribution in [0.4, 0.5) is 5.69 Å². The molecule has 2 amide bonds. The van der Waals surface area contributed by atoms with Gasteiger partial charge in [-0.05, 0) is 17.7 Å². The minimum Gasteiger partial charge on any atom is -0.481 e. The molecule has 23 heavy (non-hydrogen) atoms. The van der Waals surface area contributed by atoms with Crippen LogP contribution in [0.2, 0.25) is 0 Å². The summed E-state index contributed by atoms with van der Waals surface area (Å²) >= 11 is 1.18. The number of nitrogens with one attached hydrogen (secondary N) is 3. The van der Waals surface area contributed by atoms with Crippen LogP contribution in [-0.4, -0.2) is 39.9 Å². The molecule has 4 N–H and O–H groups in total. The van der Waals surface area contributed by atoms with E-state index in [9.17, 15) is 14.4 Å². The molecular formula is C14H16N4O4S. The summed E-state index contributed by atoms with van der Waals surface area (Å²) in [5.41, 5.74) is 3.79. The van der Waals surface area contributed by atoms with Crippen molar-refractivity contribution in [2.75, 3.05) is 5.32 Å². The van der Waals surface area contributed by atoms with Crippen molar-refractivity contribution in [1.29, 1.82) is 0 Å². The molecular weight excluding hydrogens is 320 g/mol. The fourth-order valence-corrected chi connectivity index (χ4v) is 2.94. The second-order valence-electron chi connectivity index (χ2n) is 4.80. The van der Waals surface area contributed by atoms with Crippen molar-refractivity contribution in [2.45, 2.75) is 24.1 Å². The lowest BCUT2D eigenvalue weighted by atomic mass is 10.2. The molecule has 2 rings (SSSR count). The number of carboxylic acid groups (broad SMARTS) is 1. The molecule has 0 spiro atoms. The Labute approximate surface area is 136 Å². The number of aliphatic carboxylic acids is 1. The molecule has 0 saturated carbocycles. The van der Waals surface area contributed by atoms with E-state index in [-0.39, 0.29) is 18.2 Å². The van der Waals surface area contributed by atoms with Gasteiger partial charge in [-0.15, -0.1) is 11.8 Å². The monoisotopic (exact) mass is 336 g/mol. The molecule has 1 aliphatic heterocycles. The predicted molar refractivity (Wildman–Crippen MR) is 87.0 cm³/mol. The number of carboxylic acids is 1. The van der Waals surface area contributed by atoms with Crippen LogP contribution in [0.25, 0.3) is 0 Å². The summed E-state index contributed by atoms with van der Waals surface area (Å²) in [6, 6.07) is 7.06. The van der Waals surface area contributed by atoms with E-state index in [1.165, 1.54) is 18.7 Å². The Morgan fingerprint density at radius 2 is 2.09 bits per heavy atom. The predicted octanol–water partition coefficient (Wildman–Crippen LogP) is 0.558. The minimum atomic E-state index is -1.01. The van der Waals surface area contributed by atoms with E-state index >= 15 is 0 Å². The summed E-state index contributed by atoms with van der Waals surface area (Å²) in [7, 11) is 0. The number of carbonyl (C=O) groups excluding carboxylic acids is 2. The third-order valence-corrected chi connectivity index (χ3v) is 4.07. The second kappa shape index (κ2) is 7.63. The van der Waals surface area contributed by atoms with Crippen LogP contribution in [0.15, 0.2) is 29.4 Å². The van der Waals surface area contributed by atoms with E-state index < -0.39 is 16.7 Å². The van der Waals surface area contributed by atoms with Crippen molar-refractivity contribution in [3.05, 3.63) is 29.8 Å². The third kappa shape index (κ3) is 5.29. The molecule has 122 valence electrons. The highest BCUT2D eigenvalue weighted by atomic mass is 32.2. The van der Waals surface area contributed by atoms with Crippen LogP contribution in [0.3, 0.4) is 0 Å². The SMILES string of the molecule is CC(=O)Nc1ccc(/C=N\NC2NC(=O)C(CC(=O)O)S2)cc1. The van der Waals surface area contributed by atoms with E-state index in [0.717, 1.165) is 5.56 Å². The first-order valence-corrected chi connectivity index (χ1v) is 7.72. The number of rotatable bonds is 6. The number of thioether (sulfide) groups is 1. The normalized spacial score (nSPS) is 20.3. The van der Waals surface area contributed by atoms with Gasteiger partial charge in [-0.2, -0.15) is 5.10 Å². The lowest BCUT2D eigenvalue weighted by Gasteiger charge is -2.08. The van der Waals surface area contributed by atoms with Crippen LogP contribution in [0.1, 0.15) is 18.9 Å². The maximum atomic E-state index is 11.6. The average Bonchev–Trinajstić information content (AvgIpc) is 2.80. The molecule has 2 unspecified atom stereocenters. The van der Waals surface area contributed by atoms with E-state index in [2.05, 4.69) is 21.2 Å². The van der Waals surface area contributed by atoms with Gasteiger partial charge in [-0.3, -0.25) is 19.8 Å². The maximum Gasteiger partial charge on any atom is 0.305 e. The fraction of sp³-hybridized carbons (Fsp3) is 0.286. The van der Waals surface area contributed by atoms with Crippen molar-refractivity contribution in [3.8, 4) is 0 Å². The Bertz CT molecular complexity index is 632. The summed E-state index contributed by atoms with van der Waals surface area (Å²) in [6.07, 6.45) is 1.35. The van der Waals surface area contributed by atoms with E-state index in [1.54, 1.807) is 30.5 Å². The second-order valence-corrected chi connectivity index (χ2v) is 6.11. The molecule has 0 bridgehead atoms. The number of hydrazone groups is 1. The number of nitrogens with zero attached hydrogens (tertiary/aromatic N) is 1. The first-order valence-electron chi connectivity index (χ1n) is 6.78. The molecule has 0 radical (unpaired) electrons.